The van der Waals surface area contributed by atoms with E-state index in [1.807, 2.05) is 26.0 Å². The van der Waals surface area contributed by atoms with Crippen LogP contribution in [0.25, 0.3) is 0 Å². The van der Waals surface area contributed by atoms with Gasteiger partial charge in [0, 0.05) is 12.1 Å². The van der Waals surface area contributed by atoms with Crippen molar-refractivity contribution in [2.75, 3.05) is 5.43 Å². The number of phenolic OH excluding ortho intramolecular Hbond substituents is 1. The van der Waals surface area contributed by atoms with E-state index in [2.05, 4.69) is 10.5 Å². The molecule has 21 heavy (non-hydrogen) atoms. The van der Waals surface area contributed by atoms with Gasteiger partial charge in [0.15, 0.2) is 0 Å². The summed E-state index contributed by atoms with van der Waals surface area (Å²) in [7, 11) is 0. The molecule has 0 amide bonds. The molecule has 0 bridgehead atoms. The Morgan fingerprint density at radius 3 is 2.29 bits per heavy atom. The molecule has 0 atom stereocenters. The van der Waals surface area contributed by atoms with Crippen LogP contribution < -0.4 is 5.43 Å². The average Bonchev–Trinajstić information content (AvgIpc) is 2.45. The predicted molar refractivity (Wildman–Crippen MR) is 81.9 cm³/mol. The molecule has 0 radical (unpaired) electrons. The summed E-state index contributed by atoms with van der Waals surface area (Å²) in [6.45, 7) is 3.65. The maximum atomic E-state index is 10.5. The molecule has 2 aromatic carbocycles. The van der Waals surface area contributed by atoms with Crippen LogP contribution >= 0.6 is 0 Å². The van der Waals surface area contributed by atoms with Crippen molar-refractivity contribution in [1.29, 1.82) is 0 Å². The van der Waals surface area contributed by atoms with E-state index >= 15 is 0 Å². The fourth-order valence-electron chi connectivity index (χ4n) is 1.90. The van der Waals surface area contributed by atoms with Gasteiger partial charge in [-0.2, -0.15) is 5.10 Å². The number of aryl methyl sites for hydroxylation is 2. The maximum Gasteiger partial charge on any atom is 0.269 e. The van der Waals surface area contributed by atoms with Crippen LogP contribution in [0.3, 0.4) is 0 Å². The third kappa shape index (κ3) is 3.56. The molecule has 0 aromatic heterocycles. The maximum absolute atomic E-state index is 10.5. The van der Waals surface area contributed by atoms with E-state index in [1.165, 1.54) is 12.1 Å². The van der Waals surface area contributed by atoms with Crippen LogP contribution in [-0.2, 0) is 0 Å². The standard InChI is InChI=1S/C15H15N3O3/c1-10-7-12(8-11(2)15(10)19)9-16-17-13-3-5-14(6-4-13)18(20)21/h3-9,17,19H,1-2H3. The van der Waals surface area contributed by atoms with Crippen LogP contribution in [0.1, 0.15) is 16.7 Å². The lowest BCUT2D eigenvalue weighted by molar-refractivity contribution is -0.384. The first-order valence-corrected chi connectivity index (χ1v) is 6.31. The molecular formula is C15H15N3O3. The van der Waals surface area contributed by atoms with Gasteiger partial charge < -0.3 is 5.11 Å². The molecular weight excluding hydrogens is 270 g/mol. The van der Waals surface area contributed by atoms with Crippen LogP contribution in [-0.4, -0.2) is 16.2 Å². The highest BCUT2D eigenvalue weighted by Crippen LogP contribution is 2.22. The number of nitrogens with one attached hydrogen (secondary N) is 1. The van der Waals surface area contributed by atoms with E-state index in [-0.39, 0.29) is 11.4 Å². The highest BCUT2D eigenvalue weighted by molar-refractivity contribution is 5.81. The van der Waals surface area contributed by atoms with Gasteiger partial charge in [0.05, 0.1) is 16.8 Å². The SMILES string of the molecule is Cc1cc(C=NNc2ccc([N+](=O)[O-])cc2)cc(C)c1O. The molecule has 108 valence electrons. The molecule has 0 saturated heterocycles. The minimum Gasteiger partial charge on any atom is -0.507 e. The minimum absolute atomic E-state index is 0.0364. The molecule has 2 N–H and O–H groups in total. The molecule has 0 aliphatic rings. The molecule has 0 spiro atoms. The number of rotatable bonds is 4. The van der Waals surface area contributed by atoms with Crippen molar-refractivity contribution in [3.8, 4) is 5.75 Å². The Morgan fingerprint density at radius 1 is 1.19 bits per heavy atom. The predicted octanol–water partition coefficient (Wildman–Crippen LogP) is 3.36. The number of nitro groups is 1. The number of hydrogen-bond acceptors (Lipinski definition) is 5. The Labute approximate surface area is 121 Å². The molecule has 0 aliphatic carbocycles. The largest absolute Gasteiger partial charge is 0.507 e. The number of non-ortho nitro benzene ring substituents is 1. The number of nitro benzene ring substituents is 1. The monoisotopic (exact) mass is 285 g/mol. The van der Waals surface area contributed by atoms with E-state index in [9.17, 15) is 15.2 Å². The van der Waals surface area contributed by atoms with Crippen molar-refractivity contribution in [2.45, 2.75) is 13.8 Å². The van der Waals surface area contributed by atoms with Crippen molar-refractivity contribution < 1.29 is 10.0 Å². The summed E-state index contributed by atoms with van der Waals surface area (Å²) in [5.41, 5.74) is 5.92. The molecule has 0 fully saturated rings. The second kappa shape index (κ2) is 6.04. The van der Waals surface area contributed by atoms with Crippen LogP contribution in [0.15, 0.2) is 41.5 Å². The number of nitrogens with zero attached hydrogens (tertiary/aromatic N) is 2. The quantitative estimate of drug-likeness (QED) is 0.512. The van der Waals surface area contributed by atoms with E-state index in [4.69, 9.17) is 0 Å². The molecule has 6 heteroatoms. The molecule has 0 aliphatic heterocycles. The van der Waals surface area contributed by atoms with E-state index < -0.39 is 4.92 Å². The first-order valence-electron chi connectivity index (χ1n) is 6.31. The van der Waals surface area contributed by atoms with Crippen LogP contribution in [0.5, 0.6) is 5.75 Å². The lowest BCUT2D eigenvalue weighted by Gasteiger charge is -2.04. The van der Waals surface area contributed by atoms with Gasteiger partial charge in [-0.3, -0.25) is 15.5 Å². The zero-order chi connectivity index (χ0) is 15.4. The average molecular weight is 285 g/mol. The van der Waals surface area contributed by atoms with Crippen LogP contribution in [0.2, 0.25) is 0 Å². The summed E-state index contributed by atoms with van der Waals surface area (Å²) in [5.74, 6) is 0.287. The summed E-state index contributed by atoms with van der Waals surface area (Å²) in [6, 6.07) is 9.64. The molecule has 2 aromatic rings. The zero-order valence-corrected chi connectivity index (χ0v) is 11.7. The van der Waals surface area contributed by atoms with Gasteiger partial charge in [0.25, 0.3) is 5.69 Å². The Morgan fingerprint density at radius 2 is 1.76 bits per heavy atom. The lowest BCUT2D eigenvalue weighted by Crippen LogP contribution is -1.93. The van der Waals surface area contributed by atoms with Gasteiger partial charge in [-0.15, -0.1) is 0 Å². The van der Waals surface area contributed by atoms with Crippen molar-refractivity contribution in [3.63, 3.8) is 0 Å². The third-order valence-electron chi connectivity index (χ3n) is 3.00. The fourth-order valence-corrected chi connectivity index (χ4v) is 1.90. The van der Waals surface area contributed by atoms with E-state index in [1.54, 1.807) is 18.3 Å². The number of benzene rings is 2. The van der Waals surface area contributed by atoms with Crippen LogP contribution in [0, 0.1) is 24.0 Å². The van der Waals surface area contributed by atoms with E-state index in [0.29, 0.717) is 5.69 Å². The van der Waals surface area contributed by atoms with Gasteiger partial charge in [-0.1, -0.05) is 0 Å². The number of aromatic hydroxyl groups is 1. The van der Waals surface area contributed by atoms with Gasteiger partial charge in [0.1, 0.15) is 5.75 Å². The number of phenols is 1. The smallest absolute Gasteiger partial charge is 0.269 e. The van der Waals surface area contributed by atoms with Crippen molar-refractivity contribution in [3.05, 3.63) is 63.2 Å². The fraction of sp³-hybridized carbons (Fsp3) is 0.133. The Kier molecular flexibility index (Phi) is 4.18. The Hall–Kier alpha value is -2.89. The van der Waals surface area contributed by atoms with Crippen LogP contribution in [0.4, 0.5) is 11.4 Å². The first kappa shape index (κ1) is 14.5. The summed E-state index contributed by atoms with van der Waals surface area (Å²) >= 11 is 0. The molecule has 2 rings (SSSR count). The topological polar surface area (TPSA) is 87.8 Å². The minimum atomic E-state index is -0.449. The Bertz CT molecular complexity index is 671. The summed E-state index contributed by atoms with van der Waals surface area (Å²) < 4.78 is 0. The number of anilines is 1. The summed E-state index contributed by atoms with van der Waals surface area (Å²) in [6.07, 6.45) is 1.63. The van der Waals surface area contributed by atoms with Gasteiger partial charge in [0.2, 0.25) is 0 Å². The summed E-state index contributed by atoms with van der Waals surface area (Å²) in [4.78, 5) is 10.1. The van der Waals surface area contributed by atoms with Crippen molar-refractivity contribution in [1.82, 2.24) is 0 Å². The van der Waals surface area contributed by atoms with Gasteiger partial charge in [-0.25, -0.2) is 0 Å². The lowest BCUT2D eigenvalue weighted by atomic mass is 10.1. The Balaban J connectivity index is 2.07. The second-order valence-electron chi connectivity index (χ2n) is 4.68. The van der Waals surface area contributed by atoms with Gasteiger partial charge >= 0.3 is 0 Å². The normalized spacial score (nSPS) is 10.8. The highest BCUT2D eigenvalue weighted by atomic mass is 16.6. The molecule has 0 heterocycles. The molecule has 0 saturated carbocycles. The highest BCUT2D eigenvalue weighted by Gasteiger charge is 2.03. The number of hydrazone groups is 1. The molecule has 6 nitrogen and oxygen atoms in total. The number of hydrogen-bond donors (Lipinski definition) is 2. The first-order chi connectivity index (χ1) is 9.97. The van der Waals surface area contributed by atoms with Gasteiger partial charge in [-0.05, 0) is 54.8 Å². The zero-order valence-electron chi connectivity index (χ0n) is 11.7. The second-order valence-corrected chi connectivity index (χ2v) is 4.68. The van der Waals surface area contributed by atoms with Crippen molar-refractivity contribution >= 4 is 17.6 Å². The molecule has 0 unspecified atom stereocenters. The van der Waals surface area contributed by atoms with Crippen molar-refractivity contribution in [2.24, 2.45) is 5.10 Å². The third-order valence-corrected chi connectivity index (χ3v) is 3.00. The summed E-state index contributed by atoms with van der Waals surface area (Å²) in [5, 5.41) is 24.3. The van der Waals surface area contributed by atoms with E-state index in [0.717, 1.165) is 16.7 Å².